The predicted octanol–water partition coefficient (Wildman–Crippen LogP) is 5.05. The molecule has 1 fully saturated rings. The monoisotopic (exact) mass is 396 g/mol. The summed E-state index contributed by atoms with van der Waals surface area (Å²) in [6, 6.07) is 14.1. The third kappa shape index (κ3) is 6.50. The van der Waals surface area contributed by atoms with E-state index in [2.05, 4.69) is 11.1 Å². The van der Waals surface area contributed by atoms with Crippen molar-refractivity contribution in [1.29, 1.82) is 0 Å². The molecule has 6 heteroatoms. The van der Waals surface area contributed by atoms with Crippen molar-refractivity contribution in [3.8, 4) is 0 Å². The van der Waals surface area contributed by atoms with Crippen LogP contribution in [0.1, 0.15) is 36.8 Å². The lowest BCUT2D eigenvalue weighted by Crippen LogP contribution is -2.44. The molecule has 0 radical (unpaired) electrons. The molecule has 26 heavy (non-hydrogen) atoms. The lowest BCUT2D eigenvalue weighted by atomic mass is 9.97. The number of hydrogen-bond donors (Lipinski definition) is 0. The molecule has 0 saturated carbocycles. The fourth-order valence-electron chi connectivity index (χ4n) is 3.22. The van der Waals surface area contributed by atoms with Crippen LogP contribution < -0.4 is 0 Å². The number of likely N-dealkylation sites (tertiary alicyclic amines) is 1. The Kier molecular flexibility index (Phi) is 10.1. The number of carbonyl (C=O) groups is 1. The van der Waals surface area contributed by atoms with Gasteiger partial charge in [-0.2, -0.15) is 0 Å². The predicted molar refractivity (Wildman–Crippen MR) is 108 cm³/mol. The van der Waals surface area contributed by atoms with Gasteiger partial charge in [0.05, 0.1) is 0 Å². The van der Waals surface area contributed by atoms with Gasteiger partial charge >= 0.3 is 6.09 Å². The number of hydrogen-bond acceptors (Lipinski definition) is 3. The van der Waals surface area contributed by atoms with Crippen molar-refractivity contribution in [3.05, 3.63) is 66.0 Å². The Labute approximate surface area is 167 Å². The number of aryl methyl sites for hydroxylation is 1. The highest BCUT2D eigenvalue weighted by Gasteiger charge is 2.27. The minimum atomic E-state index is -0.185. The Morgan fingerprint density at radius 3 is 2.58 bits per heavy atom. The van der Waals surface area contributed by atoms with Gasteiger partial charge in [-0.15, -0.1) is 24.8 Å². The van der Waals surface area contributed by atoms with Gasteiger partial charge in [-0.05, 0) is 49.3 Å². The Morgan fingerprint density at radius 1 is 1.08 bits per heavy atom. The van der Waals surface area contributed by atoms with Gasteiger partial charge in [-0.3, -0.25) is 4.98 Å². The molecule has 1 atom stereocenters. The van der Waals surface area contributed by atoms with Crippen molar-refractivity contribution in [2.45, 2.75) is 44.8 Å². The van der Waals surface area contributed by atoms with Crippen molar-refractivity contribution in [1.82, 2.24) is 9.88 Å². The summed E-state index contributed by atoms with van der Waals surface area (Å²) >= 11 is 0. The van der Waals surface area contributed by atoms with Gasteiger partial charge in [0.2, 0.25) is 0 Å². The molecule has 1 saturated heterocycles. The Bertz CT molecular complexity index is 641. The zero-order valence-electron chi connectivity index (χ0n) is 14.8. The third-order valence-electron chi connectivity index (χ3n) is 4.56. The second kappa shape index (κ2) is 11.8. The van der Waals surface area contributed by atoms with E-state index >= 15 is 0 Å². The second-order valence-corrected chi connectivity index (χ2v) is 6.28. The number of carbonyl (C=O) groups excluding carboxylic acids is 1. The maximum Gasteiger partial charge on any atom is 0.410 e. The number of piperidine rings is 1. The van der Waals surface area contributed by atoms with Crippen LogP contribution in [0.3, 0.4) is 0 Å². The number of amides is 1. The summed E-state index contributed by atoms with van der Waals surface area (Å²) in [5.74, 6) is 0. The normalized spacial score (nSPS) is 16.2. The molecule has 1 unspecified atom stereocenters. The molecular formula is C20H26Cl2N2O2. The number of pyridine rings is 1. The summed E-state index contributed by atoms with van der Waals surface area (Å²) in [4.78, 5) is 18.6. The molecule has 4 nitrogen and oxygen atoms in total. The molecule has 0 aliphatic carbocycles. The molecule has 2 aromatic rings. The van der Waals surface area contributed by atoms with Crippen molar-refractivity contribution < 1.29 is 9.53 Å². The summed E-state index contributed by atoms with van der Waals surface area (Å²) in [5, 5.41) is 0. The van der Waals surface area contributed by atoms with E-state index in [0.717, 1.165) is 37.8 Å². The summed E-state index contributed by atoms with van der Waals surface area (Å²) in [7, 11) is 0. The maximum atomic E-state index is 12.5. The average molecular weight is 397 g/mol. The van der Waals surface area contributed by atoms with Gasteiger partial charge in [0.25, 0.3) is 0 Å². The maximum absolute atomic E-state index is 12.5. The van der Waals surface area contributed by atoms with Crippen LogP contribution >= 0.6 is 24.8 Å². The Morgan fingerprint density at radius 2 is 1.85 bits per heavy atom. The minimum Gasteiger partial charge on any atom is -0.445 e. The molecule has 3 rings (SSSR count). The summed E-state index contributed by atoms with van der Waals surface area (Å²) < 4.78 is 5.52. The zero-order valence-corrected chi connectivity index (χ0v) is 16.4. The number of ether oxygens (including phenoxy) is 1. The van der Waals surface area contributed by atoms with Gasteiger partial charge in [0.15, 0.2) is 0 Å². The van der Waals surface area contributed by atoms with Crippen molar-refractivity contribution >= 4 is 30.9 Å². The summed E-state index contributed by atoms with van der Waals surface area (Å²) in [5.41, 5.74) is 2.25. The number of halogens is 2. The van der Waals surface area contributed by atoms with Crippen LogP contribution in [-0.2, 0) is 17.8 Å². The van der Waals surface area contributed by atoms with E-state index in [0.29, 0.717) is 6.61 Å². The third-order valence-corrected chi connectivity index (χ3v) is 4.56. The van der Waals surface area contributed by atoms with Crippen LogP contribution in [0, 0.1) is 0 Å². The van der Waals surface area contributed by atoms with Crippen molar-refractivity contribution in [2.24, 2.45) is 0 Å². The van der Waals surface area contributed by atoms with E-state index in [1.807, 2.05) is 47.5 Å². The smallest absolute Gasteiger partial charge is 0.410 e. The summed E-state index contributed by atoms with van der Waals surface area (Å²) in [6.45, 7) is 1.14. The van der Waals surface area contributed by atoms with E-state index in [9.17, 15) is 4.79 Å². The van der Waals surface area contributed by atoms with Gasteiger partial charge in [0.1, 0.15) is 6.61 Å². The van der Waals surface area contributed by atoms with E-state index in [1.165, 1.54) is 12.0 Å². The van der Waals surface area contributed by atoms with Crippen LogP contribution in [0.25, 0.3) is 0 Å². The molecule has 1 aromatic heterocycles. The fraction of sp³-hybridized carbons (Fsp3) is 0.400. The molecule has 1 amide bonds. The number of rotatable bonds is 5. The molecular weight excluding hydrogens is 371 g/mol. The highest BCUT2D eigenvalue weighted by molar-refractivity contribution is 5.85. The molecule has 1 aliphatic rings. The molecule has 0 bridgehead atoms. The number of aromatic nitrogens is 1. The van der Waals surface area contributed by atoms with Crippen LogP contribution in [0.5, 0.6) is 0 Å². The van der Waals surface area contributed by atoms with Crippen molar-refractivity contribution in [3.63, 3.8) is 0 Å². The Balaban J connectivity index is 0.00000169. The zero-order chi connectivity index (χ0) is 16.6. The van der Waals surface area contributed by atoms with Gasteiger partial charge in [0, 0.05) is 25.0 Å². The van der Waals surface area contributed by atoms with E-state index < -0.39 is 0 Å². The summed E-state index contributed by atoms with van der Waals surface area (Å²) in [6.07, 6.45) is 8.71. The first-order chi connectivity index (χ1) is 11.8. The highest BCUT2D eigenvalue weighted by Crippen LogP contribution is 2.22. The average Bonchev–Trinajstić information content (AvgIpc) is 2.66. The van der Waals surface area contributed by atoms with Crippen LogP contribution in [0.2, 0.25) is 0 Å². The number of benzene rings is 1. The van der Waals surface area contributed by atoms with E-state index in [4.69, 9.17) is 4.74 Å². The van der Waals surface area contributed by atoms with Crippen LogP contribution in [0.15, 0.2) is 54.9 Å². The van der Waals surface area contributed by atoms with Gasteiger partial charge in [-0.1, -0.05) is 36.4 Å². The SMILES string of the molecule is Cl.Cl.O=C(OCc1ccccc1)N1CCCCC1CCc1cccnc1. The standard InChI is InChI=1S/C20H24N2O2.2ClH/c23-20(24-16-18-7-2-1-3-8-18)22-14-5-4-10-19(22)12-11-17-9-6-13-21-15-17;;/h1-3,6-9,13,15,19H,4-5,10-12,14,16H2;2*1H. The Hall–Kier alpha value is -1.78. The van der Waals surface area contributed by atoms with Crippen LogP contribution in [0.4, 0.5) is 4.79 Å². The first-order valence-electron chi connectivity index (χ1n) is 8.69. The molecule has 2 heterocycles. The number of nitrogens with zero attached hydrogens (tertiary/aromatic N) is 2. The molecule has 1 aliphatic heterocycles. The second-order valence-electron chi connectivity index (χ2n) is 6.28. The minimum absolute atomic E-state index is 0. The lowest BCUT2D eigenvalue weighted by Gasteiger charge is -2.35. The molecule has 0 N–H and O–H groups in total. The van der Waals surface area contributed by atoms with Gasteiger partial charge < -0.3 is 9.64 Å². The molecule has 0 spiro atoms. The lowest BCUT2D eigenvalue weighted by molar-refractivity contribution is 0.0661. The van der Waals surface area contributed by atoms with Gasteiger partial charge in [-0.25, -0.2) is 4.79 Å². The molecule has 142 valence electrons. The van der Waals surface area contributed by atoms with E-state index in [1.54, 1.807) is 6.20 Å². The fourth-order valence-corrected chi connectivity index (χ4v) is 3.22. The quantitative estimate of drug-likeness (QED) is 0.709. The first-order valence-corrected chi connectivity index (χ1v) is 8.69. The van der Waals surface area contributed by atoms with E-state index in [-0.39, 0.29) is 36.9 Å². The highest BCUT2D eigenvalue weighted by atomic mass is 35.5. The molecule has 1 aromatic carbocycles. The van der Waals surface area contributed by atoms with Crippen molar-refractivity contribution in [2.75, 3.05) is 6.54 Å². The topological polar surface area (TPSA) is 42.4 Å². The first kappa shape index (κ1) is 22.3. The van der Waals surface area contributed by atoms with Crippen LogP contribution in [-0.4, -0.2) is 28.6 Å². The largest absolute Gasteiger partial charge is 0.445 e.